The van der Waals surface area contributed by atoms with E-state index in [4.69, 9.17) is 5.73 Å². The Labute approximate surface area is 58.7 Å². The molecule has 2 nitrogen and oxygen atoms in total. The highest BCUT2D eigenvalue weighted by Gasteiger charge is 2.02. The second kappa shape index (κ2) is 2.94. The van der Waals surface area contributed by atoms with Crippen LogP contribution in [0.1, 0.15) is 25.1 Å². The summed E-state index contributed by atoms with van der Waals surface area (Å²) in [5.41, 5.74) is 8.51. The van der Waals surface area contributed by atoms with E-state index >= 15 is 0 Å². The summed E-state index contributed by atoms with van der Waals surface area (Å²) >= 11 is 1.59. The third-order valence-corrected chi connectivity index (χ3v) is 1.88. The number of nitrogens with two attached hydrogens (primary N) is 1. The van der Waals surface area contributed by atoms with E-state index < -0.39 is 0 Å². The van der Waals surface area contributed by atoms with E-state index in [0.29, 0.717) is 0 Å². The zero-order valence-electron chi connectivity index (χ0n) is 5.37. The van der Waals surface area contributed by atoms with Crippen molar-refractivity contribution in [1.82, 2.24) is 4.98 Å². The maximum atomic E-state index is 5.68. The number of nitrogens with zero attached hydrogens (tertiary/aromatic N) is 1. The third kappa shape index (κ3) is 1.50. The van der Waals surface area contributed by atoms with E-state index in [9.17, 15) is 0 Å². The quantitative estimate of drug-likeness (QED) is 0.680. The first-order chi connectivity index (χ1) is 4.34. The van der Waals surface area contributed by atoms with Gasteiger partial charge in [0, 0.05) is 11.4 Å². The van der Waals surface area contributed by atoms with Crippen molar-refractivity contribution < 1.29 is 0 Å². The first-order valence-electron chi connectivity index (χ1n) is 2.98. The molecular formula is C6H10N2S. The summed E-state index contributed by atoms with van der Waals surface area (Å²) in [4.78, 5) is 4.08. The van der Waals surface area contributed by atoms with E-state index in [0.717, 1.165) is 12.1 Å². The minimum absolute atomic E-state index is 0.135. The zero-order chi connectivity index (χ0) is 6.69. The van der Waals surface area contributed by atoms with Crippen LogP contribution < -0.4 is 5.73 Å². The van der Waals surface area contributed by atoms with Crippen molar-refractivity contribution in [3.8, 4) is 0 Å². The smallest absolute Gasteiger partial charge is 0.0795 e. The Morgan fingerprint density at radius 2 is 2.67 bits per heavy atom. The molecule has 0 aliphatic rings. The summed E-state index contributed by atoms with van der Waals surface area (Å²) in [5.74, 6) is 0. The molecule has 0 saturated heterocycles. The predicted molar refractivity (Wildman–Crippen MR) is 39.3 cm³/mol. The average Bonchev–Trinajstić information content (AvgIpc) is 2.37. The summed E-state index contributed by atoms with van der Waals surface area (Å²) < 4.78 is 0. The molecule has 0 aliphatic carbocycles. The Hall–Kier alpha value is -0.410. The molecule has 0 spiro atoms. The summed E-state index contributed by atoms with van der Waals surface area (Å²) in [7, 11) is 0. The normalized spacial score (nSPS) is 13.6. The van der Waals surface area contributed by atoms with E-state index in [-0.39, 0.29) is 6.04 Å². The lowest BCUT2D eigenvalue weighted by Crippen LogP contribution is -2.08. The summed E-state index contributed by atoms with van der Waals surface area (Å²) in [5, 5.41) is 1.99. The van der Waals surface area contributed by atoms with Crippen molar-refractivity contribution in [1.29, 1.82) is 0 Å². The lowest BCUT2D eigenvalue weighted by atomic mass is 10.2. The Balaban J connectivity index is 2.65. The molecule has 50 valence electrons. The lowest BCUT2D eigenvalue weighted by molar-refractivity contribution is 0.680. The van der Waals surface area contributed by atoms with E-state index in [1.165, 1.54) is 0 Å². The fraction of sp³-hybridized carbons (Fsp3) is 0.500. The van der Waals surface area contributed by atoms with Crippen LogP contribution in [-0.4, -0.2) is 4.98 Å². The van der Waals surface area contributed by atoms with Gasteiger partial charge >= 0.3 is 0 Å². The van der Waals surface area contributed by atoms with Crippen LogP contribution in [-0.2, 0) is 0 Å². The molecule has 1 atom stereocenters. The summed E-state index contributed by atoms with van der Waals surface area (Å²) in [6.07, 6.45) is 0.962. The molecule has 0 unspecified atom stereocenters. The third-order valence-electron chi connectivity index (χ3n) is 1.27. The van der Waals surface area contributed by atoms with Crippen LogP contribution in [0, 0.1) is 0 Å². The monoisotopic (exact) mass is 142 g/mol. The van der Waals surface area contributed by atoms with Gasteiger partial charge in [-0.05, 0) is 6.42 Å². The molecule has 2 N–H and O–H groups in total. The molecule has 0 amide bonds. The lowest BCUT2D eigenvalue weighted by Gasteiger charge is -2.01. The highest BCUT2D eigenvalue weighted by Crippen LogP contribution is 2.12. The first kappa shape index (κ1) is 6.71. The molecule has 1 aromatic heterocycles. The predicted octanol–water partition coefficient (Wildman–Crippen LogP) is 1.55. The minimum Gasteiger partial charge on any atom is -0.323 e. The molecule has 0 aliphatic heterocycles. The van der Waals surface area contributed by atoms with Gasteiger partial charge in [-0.1, -0.05) is 6.92 Å². The summed E-state index contributed by atoms with van der Waals surface area (Å²) in [6.45, 7) is 2.06. The maximum absolute atomic E-state index is 5.68. The van der Waals surface area contributed by atoms with Gasteiger partial charge in [0.15, 0.2) is 0 Å². The van der Waals surface area contributed by atoms with Gasteiger partial charge < -0.3 is 5.73 Å². The fourth-order valence-corrected chi connectivity index (χ4v) is 1.23. The molecule has 0 saturated carbocycles. The second-order valence-corrected chi connectivity index (χ2v) is 2.65. The molecule has 1 aromatic rings. The van der Waals surface area contributed by atoms with Gasteiger partial charge in [0.05, 0.1) is 11.2 Å². The first-order valence-corrected chi connectivity index (χ1v) is 3.92. The van der Waals surface area contributed by atoms with Crippen molar-refractivity contribution in [3.05, 3.63) is 16.6 Å². The second-order valence-electron chi connectivity index (χ2n) is 1.93. The SMILES string of the molecule is CC[C@@H](N)c1cscn1. The van der Waals surface area contributed by atoms with Crippen LogP contribution in [0.25, 0.3) is 0 Å². The molecule has 0 fully saturated rings. The van der Waals surface area contributed by atoms with Crippen LogP contribution in [0.4, 0.5) is 0 Å². The van der Waals surface area contributed by atoms with Crippen LogP contribution in [0.2, 0.25) is 0 Å². The largest absolute Gasteiger partial charge is 0.323 e. The van der Waals surface area contributed by atoms with Crippen molar-refractivity contribution in [3.63, 3.8) is 0 Å². The topological polar surface area (TPSA) is 38.9 Å². The van der Waals surface area contributed by atoms with Crippen molar-refractivity contribution in [2.75, 3.05) is 0 Å². The van der Waals surface area contributed by atoms with E-state index in [2.05, 4.69) is 11.9 Å². The molecule has 0 aromatic carbocycles. The molecule has 0 radical (unpaired) electrons. The van der Waals surface area contributed by atoms with Gasteiger partial charge in [-0.2, -0.15) is 0 Å². The van der Waals surface area contributed by atoms with Crippen molar-refractivity contribution in [2.45, 2.75) is 19.4 Å². The summed E-state index contributed by atoms with van der Waals surface area (Å²) in [6, 6.07) is 0.135. The fourth-order valence-electron chi connectivity index (χ4n) is 0.614. The van der Waals surface area contributed by atoms with Crippen molar-refractivity contribution >= 4 is 11.3 Å². The van der Waals surface area contributed by atoms with Crippen LogP contribution in [0.3, 0.4) is 0 Å². The zero-order valence-corrected chi connectivity index (χ0v) is 6.19. The highest BCUT2D eigenvalue weighted by molar-refractivity contribution is 7.07. The number of thiazole rings is 1. The van der Waals surface area contributed by atoms with Gasteiger partial charge in [0.2, 0.25) is 0 Å². The standard InChI is InChI=1S/C6H10N2S/c1-2-5(7)6-3-9-4-8-6/h3-5H,2,7H2,1H3/t5-/m1/s1. The molecule has 0 bridgehead atoms. The van der Waals surface area contributed by atoms with Crippen LogP contribution in [0.5, 0.6) is 0 Å². The average molecular weight is 142 g/mol. The number of aromatic nitrogens is 1. The maximum Gasteiger partial charge on any atom is 0.0795 e. The van der Waals surface area contributed by atoms with Gasteiger partial charge in [-0.3, -0.25) is 0 Å². The molecular weight excluding hydrogens is 132 g/mol. The minimum atomic E-state index is 0.135. The van der Waals surface area contributed by atoms with E-state index in [1.807, 2.05) is 10.9 Å². The number of hydrogen-bond donors (Lipinski definition) is 1. The van der Waals surface area contributed by atoms with Crippen molar-refractivity contribution in [2.24, 2.45) is 5.73 Å². The Bertz CT molecular complexity index is 160. The Morgan fingerprint density at radius 1 is 1.89 bits per heavy atom. The number of rotatable bonds is 2. The van der Waals surface area contributed by atoms with E-state index in [1.54, 1.807) is 11.3 Å². The molecule has 3 heteroatoms. The number of hydrogen-bond acceptors (Lipinski definition) is 3. The molecule has 9 heavy (non-hydrogen) atoms. The van der Waals surface area contributed by atoms with Gasteiger partial charge in [-0.25, -0.2) is 4.98 Å². The molecule has 1 heterocycles. The van der Waals surface area contributed by atoms with Crippen LogP contribution in [0.15, 0.2) is 10.9 Å². The Morgan fingerprint density at radius 3 is 3.11 bits per heavy atom. The molecule has 1 rings (SSSR count). The Kier molecular flexibility index (Phi) is 2.19. The van der Waals surface area contributed by atoms with Gasteiger partial charge in [0.1, 0.15) is 0 Å². The van der Waals surface area contributed by atoms with Gasteiger partial charge in [0.25, 0.3) is 0 Å². The van der Waals surface area contributed by atoms with Gasteiger partial charge in [-0.15, -0.1) is 11.3 Å². The van der Waals surface area contributed by atoms with Crippen LogP contribution >= 0.6 is 11.3 Å². The highest BCUT2D eigenvalue weighted by atomic mass is 32.1.